The highest BCUT2D eigenvalue weighted by molar-refractivity contribution is 6.10. The summed E-state index contributed by atoms with van der Waals surface area (Å²) in [6, 6.07) is 12.7. The van der Waals surface area contributed by atoms with Crippen LogP contribution in [0, 0.1) is 34.5 Å². The lowest BCUT2D eigenvalue weighted by Crippen LogP contribution is -2.83. The summed E-state index contributed by atoms with van der Waals surface area (Å²) in [6.07, 6.45) is -5.37. The van der Waals surface area contributed by atoms with E-state index in [-0.39, 0.29) is 11.3 Å². The van der Waals surface area contributed by atoms with Crippen molar-refractivity contribution in [1.29, 1.82) is 0 Å². The van der Waals surface area contributed by atoms with Crippen molar-refractivity contribution >= 4 is 28.4 Å². The standard InChI is InChI=1S/C33H38N2O8/c1-13(2)23-26(38)22(29(34)41)27(39)33(43)28(40)24-25(37)21-19(36)11-10-16(18-12-15-8-6-7-9-17(15)35-18)20(21)14(3)31(24,4)30(42)32(23,33)5/h6-14,22-24,26,28,30,35-36,38,40,42-43H,1-5H3,(H2,34,41)/t14-,22-,23+,24-,26?,28?,30-,31+,32+,33+/m1/s1. The van der Waals surface area contributed by atoms with Gasteiger partial charge in [-0.25, -0.2) is 0 Å². The van der Waals surface area contributed by atoms with Crippen molar-refractivity contribution in [2.24, 2.45) is 40.2 Å². The van der Waals surface area contributed by atoms with Gasteiger partial charge in [-0.05, 0) is 47.6 Å². The van der Waals surface area contributed by atoms with E-state index in [1.165, 1.54) is 13.0 Å². The Bertz CT molecular complexity index is 1660. The first-order valence-electron chi connectivity index (χ1n) is 14.6. The number of hydrogen-bond acceptors (Lipinski definition) is 8. The van der Waals surface area contributed by atoms with E-state index in [9.17, 15) is 39.9 Å². The van der Waals surface area contributed by atoms with Crippen LogP contribution in [-0.4, -0.2) is 71.9 Å². The predicted octanol–water partition coefficient (Wildman–Crippen LogP) is 2.25. The van der Waals surface area contributed by atoms with Crippen molar-refractivity contribution < 1.29 is 39.9 Å². The molecular formula is C33H38N2O8. The monoisotopic (exact) mass is 590 g/mol. The number of fused-ring (bicyclic) bond motifs is 4. The minimum atomic E-state index is -2.82. The van der Waals surface area contributed by atoms with E-state index in [1.54, 1.807) is 33.8 Å². The Kier molecular flexibility index (Phi) is 6.32. The zero-order valence-corrected chi connectivity index (χ0v) is 24.7. The quantitative estimate of drug-likeness (QED) is 0.226. The summed E-state index contributed by atoms with van der Waals surface area (Å²) < 4.78 is 0. The van der Waals surface area contributed by atoms with Crippen LogP contribution >= 0.6 is 0 Å². The van der Waals surface area contributed by atoms with Crippen LogP contribution in [0.25, 0.3) is 22.2 Å². The van der Waals surface area contributed by atoms with Gasteiger partial charge in [-0.3, -0.25) is 14.4 Å². The average molecular weight is 591 g/mol. The number of aliphatic hydroxyl groups is 4. The summed E-state index contributed by atoms with van der Waals surface area (Å²) in [5, 5.41) is 60.2. The Balaban J connectivity index is 1.63. The lowest BCUT2D eigenvalue weighted by Gasteiger charge is -2.69. The topological polar surface area (TPSA) is 194 Å². The molecule has 3 aliphatic carbocycles. The summed E-state index contributed by atoms with van der Waals surface area (Å²) in [4.78, 5) is 44.2. The number of aromatic hydroxyl groups is 1. The third kappa shape index (κ3) is 3.35. The number of Topliss-reactive ketones (excluding diaryl/α,β-unsaturated/α-hetero) is 2. The van der Waals surface area contributed by atoms with E-state index in [1.807, 2.05) is 30.3 Å². The Labute approximate surface area is 248 Å². The molecule has 10 nitrogen and oxygen atoms in total. The van der Waals surface area contributed by atoms with E-state index < -0.39 is 81.8 Å². The van der Waals surface area contributed by atoms with Crippen LogP contribution in [0.5, 0.6) is 5.75 Å². The number of aliphatic hydroxyl groups excluding tert-OH is 3. The average Bonchev–Trinajstić information content (AvgIpc) is 3.37. The molecule has 2 aromatic carbocycles. The molecule has 3 aliphatic rings. The highest BCUT2D eigenvalue weighted by atomic mass is 16.4. The SMILES string of the molecule is CC(C)[C@H]1C(O)[C@@H](C(N)=O)C(=O)[C@]2(O)C(O)[C@H]3C(=O)c4c(O)ccc(-c5cc6ccccc6[nH]5)c4[C@@H](C)[C@]3(C)[C@@H](O)[C@]12C. The maximum atomic E-state index is 14.5. The second-order valence-corrected chi connectivity index (χ2v) is 13.5. The molecule has 8 N–H and O–H groups in total. The summed E-state index contributed by atoms with van der Waals surface area (Å²) >= 11 is 0. The number of rotatable bonds is 3. The van der Waals surface area contributed by atoms with Gasteiger partial charge < -0.3 is 36.3 Å². The maximum Gasteiger partial charge on any atom is 0.230 e. The van der Waals surface area contributed by atoms with Crippen molar-refractivity contribution in [3.63, 3.8) is 0 Å². The Morgan fingerprint density at radius 1 is 1.05 bits per heavy atom. The molecule has 2 unspecified atom stereocenters. The van der Waals surface area contributed by atoms with E-state index in [4.69, 9.17) is 5.73 Å². The van der Waals surface area contributed by atoms with Gasteiger partial charge >= 0.3 is 0 Å². The first-order chi connectivity index (χ1) is 20.1. The van der Waals surface area contributed by atoms with Gasteiger partial charge in [0.2, 0.25) is 5.91 Å². The smallest absolute Gasteiger partial charge is 0.230 e. The molecule has 3 aromatic rings. The number of aromatic nitrogens is 1. The fraction of sp³-hybridized carbons (Fsp3) is 0.485. The summed E-state index contributed by atoms with van der Waals surface area (Å²) in [6.45, 7) is 8.29. The molecule has 10 atom stereocenters. The summed E-state index contributed by atoms with van der Waals surface area (Å²) in [7, 11) is 0. The fourth-order valence-electron chi connectivity index (χ4n) is 9.28. The minimum absolute atomic E-state index is 0.0697. The molecule has 43 heavy (non-hydrogen) atoms. The van der Waals surface area contributed by atoms with Crippen molar-refractivity contribution in [3.8, 4) is 17.0 Å². The van der Waals surface area contributed by atoms with Crippen LogP contribution in [-0.2, 0) is 9.59 Å². The molecule has 0 bridgehead atoms. The highest BCUT2D eigenvalue weighted by Gasteiger charge is 2.80. The lowest BCUT2D eigenvalue weighted by molar-refractivity contribution is -0.306. The first kappa shape index (κ1) is 29.5. The number of carbonyl (C=O) groups excluding carboxylic acids is 3. The molecule has 2 fully saturated rings. The number of ketones is 2. The second-order valence-electron chi connectivity index (χ2n) is 13.5. The van der Waals surface area contributed by atoms with Crippen LogP contribution in [0.2, 0.25) is 0 Å². The zero-order chi connectivity index (χ0) is 31.5. The van der Waals surface area contributed by atoms with Crippen molar-refractivity contribution in [1.82, 2.24) is 4.98 Å². The van der Waals surface area contributed by atoms with Crippen LogP contribution in [0.15, 0.2) is 42.5 Å². The van der Waals surface area contributed by atoms with Gasteiger partial charge in [0, 0.05) is 33.0 Å². The third-order valence-electron chi connectivity index (χ3n) is 11.4. The van der Waals surface area contributed by atoms with Gasteiger partial charge in [-0.2, -0.15) is 0 Å². The van der Waals surface area contributed by atoms with Crippen LogP contribution in [0.1, 0.15) is 56.5 Å². The fourth-order valence-corrected chi connectivity index (χ4v) is 9.28. The molecule has 6 rings (SSSR count). The zero-order valence-electron chi connectivity index (χ0n) is 24.7. The molecule has 2 saturated carbocycles. The molecule has 0 saturated heterocycles. The van der Waals surface area contributed by atoms with Crippen molar-refractivity contribution in [2.45, 2.75) is 64.4 Å². The number of phenolic OH excluding ortho intramolecular Hbond substituents is 1. The highest BCUT2D eigenvalue weighted by Crippen LogP contribution is 2.68. The Morgan fingerprint density at radius 2 is 1.70 bits per heavy atom. The summed E-state index contributed by atoms with van der Waals surface area (Å²) in [5.41, 5.74) is 1.85. The molecular weight excluding hydrogens is 552 g/mol. The molecule has 1 heterocycles. The van der Waals surface area contributed by atoms with Crippen molar-refractivity contribution in [3.05, 3.63) is 53.6 Å². The number of nitrogens with one attached hydrogen (secondary N) is 1. The third-order valence-corrected chi connectivity index (χ3v) is 11.4. The number of aromatic amines is 1. The molecule has 0 radical (unpaired) electrons. The summed E-state index contributed by atoms with van der Waals surface area (Å²) in [5.74, 6) is -9.17. The molecule has 0 spiro atoms. The number of amides is 1. The van der Waals surface area contributed by atoms with E-state index >= 15 is 0 Å². The van der Waals surface area contributed by atoms with E-state index in [2.05, 4.69) is 4.98 Å². The lowest BCUT2D eigenvalue weighted by atomic mass is 9.36. The number of benzene rings is 2. The minimum Gasteiger partial charge on any atom is -0.507 e. The van der Waals surface area contributed by atoms with Gasteiger partial charge in [-0.1, -0.05) is 52.8 Å². The number of phenols is 1. The number of para-hydroxylation sites is 1. The van der Waals surface area contributed by atoms with Gasteiger partial charge in [0.15, 0.2) is 17.2 Å². The Morgan fingerprint density at radius 3 is 2.30 bits per heavy atom. The predicted molar refractivity (Wildman–Crippen MR) is 157 cm³/mol. The number of carbonyl (C=O) groups is 3. The van der Waals surface area contributed by atoms with Gasteiger partial charge in [0.1, 0.15) is 17.8 Å². The molecule has 10 heteroatoms. The molecule has 0 aliphatic heterocycles. The molecule has 1 aromatic heterocycles. The van der Waals surface area contributed by atoms with Gasteiger partial charge in [0.25, 0.3) is 0 Å². The number of hydrogen-bond donors (Lipinski definition) is 7. The maximum absolute atomic E-state index is 14.5. The number of H-pyrrole nitrogens is 1. The number of primary amides is 1. The van der Waals surface area contributed by atoms with Gasteiger partial charge in [0.05, 0.1) is 23.7 Å². The van der Waals surface area contributed by atoms with Crippen LogP contribution < -0.4 is 5.73 Å². The van der Waals surface area contributed by atoms with Crippen LogP contribution in [0.3, 0.4) is 0 Å². The largest absolute Gasteiger partial charge is 0.507 e. The van der Waals surface area contributed by atoms with E-state index in [0.717, 1.165) is 10.9 Å². The molecule has 1 amide bonds. The van der Waals surface area contributed by atoms with Crippen molar-refractivity contribution in [2.75, 3.05) is 0 Å². The Hall–Kier alpha value is -3.57. The van der Waals surface area contributed by atoms with Gasteiger partial charge in [-0.15, -0.1) is 0 Å². The first-order valence-corrected chi connectivity index (χ1v) is 14.6. The number of nitrogens with two attached hydrogens (primary N) is 1. The molecule has 228 valence electrons. The second kappa shape index (κ2) is 9.22. The normalized spacial score (nSPS) is 39.0. The van der Waals surface area contributed by atoms with Crippen LogP contribution in [0.4, 0.5) is 0 Å². The van der Waals surface area contributed by atoms with E-state index in [0.29, 0.717) is 16.8 Å².